The van der Waals surface area contributed by atoms with E-state index in [9.17, 15) is 0 Å². The number of thiophene rings is 1. The van der Waals surface area contributed by atoms with Gasteiger partial charge in [-0.05, 0) is 123 Å². The van der Waals surface area contributed by atoms with E-state index in [0.717, 1.165) is 34.6 Å². The highest BCUT2D eigenvalue weighted by Crippen LogP contribution is 2.43. The van der Waals surface area contributed by atoms with E-state index >= 15 is 0 Å². The average Bonchev–Trinajstić information content (AvgIpc) is 3.72. The smallest absolute Gasteiger partial charge is 0.0971 e. The summed E-state index contributed by atoms with van der Waals surface area (Å²) in [5, 5.41) is 15.0. The molecule has 0 fully saturated rings. The summed E-state index contributed by atoms with van der Waals surface area (Å²) in [6.45, 7) is 0. The standard InChI is InChI=1S/C58H36N2S/c1-2-14-50-48(12-1)54-34-35(30-31-51(54)57-56(50)59-32-33-60-57)36-15-5-17-38-37(36)16-6-18-39(38)40-19-7-21-42-41(40)20-8-22-43(42)44-23-9-25-46-45(44)24-10-26-47(46)52-27-11-28-53-49-13-3-4-29-55(49)61-58(52)53/h1-10,12-26,28-34H,11,27H2. The molecule has 1 aliphatic carbocycles. The molecule has 284 valence electrons. The van der Waals surface area contributed by atoms with E-state index in [0.29, 0.717) is 0 Å². The largest absolute Gasteiger partial charge is 0.252 e. The zero-order valence-corrected chi connectivity index (χ0v) is 34.0. The van der Waals surface area contributed by atoms with E-state index in [4.69, 9.17) is 9.97 Å². The van der Waals surface area contributed by atoms with Crippen molar-refractivity contribution in [3.63, 3.8) is 0 Å². The zero-order valence-electron chi connectivity index (χ0n) is 33.2. The number of fused-ring (bicyclic) bond motifs is 12. The van der Waals surface area contributed by atoms with Crippen molar-refractivity contribution in [2.75, 3.05) is 0 Å². The molecule has 0 bridgehead atoms. The molecule has 0 unspecified atom stereocenters. The second kappa shape index (κ2) is 13.5. The van der Waals surface area contributed by atoms with Crippen LogP contribution in [0.25, 0.3) is 120 Å². The minimum atomic E-state index is 0.940. The molecule has 2 aromatic heterocycles. The van der Waals surface area contributed by atoms with Crippen LogP contribution < -0.4 is 9.75 Å². The zero-order chi connectivity index (χ0) is 40.0. The molecule has 2 nitrogen and oxygen atoms in total. The monoisotopic (exact) mass is 792 g/mol. The average molecular weight is 793 g/mol. The molecule has 1 aliphatic rings. The fourth-order valence-corrected chi connectivity index (χ4v) is 11.7. The Balaban J connectivity index is 0.967. The lowest BCUT2D eigenvalue weighted by Crippen LogP contribution is -2.25. The minimum Gasteiger partial charge on any atom is -0.252 e. The number of rotatable bonds is 4. The second-order valence-corrected chi connectivity index (χ2v) is 17.3. The summed E-state index contributed by atoms with van der Waals surface area (Å²) in [7, 11) is 0. The highest BCUT2D eigenvalue weighted by Gasteiger charge is 2.18. The lowest BCUT2D eigenvalue weighted by atomic mass is 9.87. The topological polar surface area (TPSA) is 25.8 Å². The fourth-order valence-electron chi connectivity index (χ4n) is 10.4. The molecule has 3 heteroatoms. The van der Waals surface area contributed by atoms with Crippen molar-refractivity contribution < 1.29 is 0 Å². The molecule has 12 aromatic rings. The van der Waals surface area contributed by atoms with Gasteiger partial charge in [-0.1, -0.05) is 170 Å². The highest BCUT2D eigenvalue weighted by molar-refractivity contribution is 7.17. The maximum atomic E-state index is 4.80. The van der Waals surface area contributed by atoms with E-state index in [1.54, 1.807) is 12.4 Å². The number of hydrogen-bond acceptors (Lipinski definition) is 3. The van der Waals surface area contributed by atoms with Crippen LogP contribution in [-0.2, 0) is 0 Å². The van der Waals surface area contributed by atoms with Crippen LogP contribution in [0, 0.1) is 0 Å². The van der Waals surface area contributed by atoms with Crippen LogP contribution in [0.4, 0.5) is 0 Å². The van der Waals surface area contributed by atoms with Gasteiger partial charge in [0.15, 0.2) is 0 Å². The Morgan fingerprint density at radius 2 is 0.820 bits per heavy atom. The first-order valence-electron chi connectivity index (χ1n) is 21.1. The Morgan fingerprint density at radius 1 is 0.361 bits per heavy atom. The Hall–Kier alpha value is -7.46. The van der Waals surface area contributed by atoms with Crippen molar-refractivity contribution in [3.8, 4) is 33.4 Å². The maximum absolute atomic E-state index is 4.80. The van der Waals surface area contributed by atoms with E-state index in [1.807, 2.05) is 11.3 Å². The van der Waals surface area contributed by atoms with Crippen LogP contribution in [0.2, 0.25) is 0 Å². The quantitative estimate of drug-likeness (QED) is 0.166. The normalized spacial score (nSPS) is 12.9. The Bertz CT molecular complexity index is 3920. The highest BCUT2D eigenvalue weighted by atomic mass is 32.1. The van der Waals surface area contributed by atoms with Gasteiger partial charge in [0.05, 0.1) is 11.0 Å². The third-order valence-electron chi connectivity index (χ3n) is 13.1. The molecule has 0 N–H and O–H groups in total. The van der Waals surface area contributed by atoms with Crippen LogP contribution in [0.5, 0.6) is 0 Å². The summed E-state index contributed by atoms with van der Waals surface area (Å²) < 4.78 is 2.79. The van der Waals surface area contributed by atoms with Crippen LogP contribution in [0.3, 0.4) is 0 Å². The SMILES string of the molecule is C1=c2c(sc3ccccc23)=C(c2cccc3c(-c4cccc5c(-c6cccc7c(-c8ccc9c(c8)c8ccccc8c8nccnc98)cccc67)cccc45)cccc23)CC1. The Morgan fingerprint density at radius 3 is 1.43 bits per heavy atom. The van der Waals surface area contributed by atoms with Gasteiger partial charge in [-0.25, -0.2) is 0 Å². The van der Waals surface area contributed by atoms with Gasteiger partial charge in [-0.3, -0.25) is 9.97 Å². The first kappa shape index (κ1) is 34.4. The van der Waals surface area contributed by atoms with Crippen molar-refractivity contribution in [1.82, 2.24) is 9.97 Å². The third-order valence-corrected chi connectivity index (χ3v) is 14.3. The predicted octanol–water partition coefficient (Wildman–Crippen LogP) is 14.4. The van der Waals surface area contributed by atoms with Crippen LogP contribution in [0.15, 0.2) is 188 Å². The van der Waals surface area contributed by atoms with Crippen molar-refractivity contribution in [3.05, 3.63) is 204 Å². The molecule has 10 aromatic carbocycles. The van der Waals surface area contributed by atoms with Crippen molar-refractivity contribution in [1.29, 1.82) is 0 Å². The number of aromatic nitrogens is 2. The van der Waals surface area contributed by atoms with Gasteiger partial charge in [0, 0.05) is 32.4 Å². The van der Waals surface area contributed by atoms with Gasteiger partial charge in [0.2, 0.25) is 0 Å². The Labute approximate surface area is 356 Å². The van der Waals surface area contributed by atoms with E-state index in [-0.39, 0.29) is 0 Å². The van der Waals surface area contributed by atoms with Crippen LogP contribution in [-0.4, -0.2) is 9.97 Å². The lowest BCUT2D eigenvalue weighted by Gasteiger charge is -2.17. The summed E-state index contributed by atoms with van der Waals surface area (Å²) in [4.78, 5) is 9.54. The maximum Gasteiger partial charge on any atom is 0.0971 e. The minimum absolute atomic E-state index is 0.940. The van der Waals surface area contributed by atoms with E-state index < -0.39 is 0 Å². The molecule has 0 spiro atoms. The van der Waals surface area contributed by atoms with Gasteiger partial charge < -0.3 is 0 Å². The molecule has 13 rings (SSSR count). The molecule has 0 amide bonds. The first-order valence-corrected chi connectivity index (χ1v) is 21.9. The molecule has 2 heterocycles. The van der Waals surface area contributed by atoms with Gasteiger partial charge in [-0.15, -0.1) is 11.3 Å². The van der Waals surface area contributed by atoms with E-state index in [2.05, 4.69) is 182 Å². The van der Waals surface area contributed by atoms with E-state index in [1.165, 1.54) is 107 Å². The van der Waals surface area contributed by atoms with Crippen LogP contribution in [0.1, 0.15) is 18.4 Å². The van der Waals surface area contributed by atoms with Gasteiger partial charge in [0.25, 0.3) is 0 Å². The molecule has 0 saturated carbocycles. The third kappa shape index (κ3) is 5.21. The second-order valence-electron chi connectivity index (χ2n) is 16.2. The van der Waals surface area contributed by atoms with Crippen molar-refractivity contribution in [2.24, 2.45) is 0 Å². The summed E-state index contributed by atoms with van der Waals surface area (Å²) in [6.07, 6.45) is 8.14. The lowest BCUT2D eigenvalue weighted by molar-refractivity contribution is 1.09. The van der Waals surface area contributed by atoms with Gasteiger partial charge >= 0.3 is 0 Å². The summed E-state index contributed by atoms with van der Waals surface area (Å²) in [5.74, 6) is 0. The summed E-state index contributed by atoms with van der Waals surface area (Å²) >= 11 is 1.94. The summed E-state index contributed by atoms with van der Waals surface area (Å²) in [5.41, 5.74) is 12.1. The molecule has 0 atom stereocenters. The molecule has 0 radical (unpaired) electrons. The summed E-state index contributed by atoms with van der Waals surface area (Å²) in [6, 6.07) is 65.3. The molecule has 0 saturated heterocycles. The first-order chi connectivity index (χ1) is 30.3. The molecular formula is C58H36N2S. The van der Waals surface area contributed by atoms with Crippen LogP contribution >= 0.6 is 11.3 Å². The van der Waals surface area contributed by atoms with Crippen molar-refractivity contribution >= 4 is 98.0 Å². The molecule has 61 heavy (non-hydrogen) atoms. The predicted molar refractivity (Wildman–Crippen MR) is 261 cm³/mol. The fraction of sp³-hybridized carbons (Fsp3) is 0.0345. The number of benzene rings is 10. The Kier molecular flexibility index (Phi) is 7.64. The van der Waals surface area contributed by atoms with Crippen molar-refractivity contribution in [2.45, 2.75) is 12.8 Å². The van der Waals surface area contributed by atoms with Gasteiger partial charge in [0.1, 0.15) is 0 Å². The number of nitrogens with zero attached hydrogens (tertiary/aromatic N) is 2. The van der Waals surface area contributed by atoms with Gasteiger partial charge in [-0.2, -0.15) is 0 Å². The molecular weight excluding hydrogens is 757 g/mol. The number of hydrogen-bond donors (Lipinski definition) is 0. The molecule has 0 aliphatic heterocycles.